The Morgan fingerprint density at radius 1 is 1.25 bits per heavy atom. The fourth-order valence-corrected chi connectivity index (χ4v) is 5.06. The van der Waals surface area contributed by atoms with Gasteiger partial charge in [-0.25, -0.2) is 0 Å². The van der Waals surface area contributed by atoms with Crippen molar-refractivity contribution in [3.63, 3.8) is 0 Å². The smallest absolute Gasteiger partial charge is 0.305 e. The highest BCUT2D eigenvalue weighted by atomic mass is 32.2. The van der Waals surface area contributed by atoms with Crippen LogP contribution in [0.25, 0.3) is 0 Å². The van der Waals surface area contributed by atoms with Gasteiger partial charge in [0.15, 0.2) is 0 Å². The van der Waals surface area contributed by atoms with E-state index in [0.717, 1.165) is 21.8 Å². The second-order valence-electron chi connectivity index (χ2n) is 5.13. The summed E-state index contributed by atoms with van der Waals surface area (Å²) >= 11 is 2.82. The molecule has 3 nitrogen and oxygen atoms in total. The molecule has 1 aromatic heterocycles. The van der Waals surface area contributed by atoms with Crippen molar-refractivity contribution in [2.24, 2.45) is 5.92 Å². The molecule has 3 atom stereocenters. The molecule has 0 saturated carbocycles. The molecule has 1 aliphatic heterocycles. The minimum absolute atomic E-state index is 0.0108. The van der Waals surface area contributed by atoms with Crippen molar-refractivity contribution in [1.82, 2.24) is 4.98 Å². The molecule has 20 heavy (non-hydrogen) atoms. The number of hydrogen-bond acceptors (Lipinski definition) is 4. The molecule has 0 fully saturated rings. The Hall–Kier alpha value is -1.33. The van der Waals surface area contributed by atoms with Crippen LogP contribution in [0.1, 0.15) is 28.8 Å². The molecule has 5 heteroatoms. The normalized spacial score (nSPS) is 25.2. The van der Waals surface area contributed by atoms with E-state index in [2.05, 4.69) is 29.2 Å². The van der Waals surface area contributed by atoms with Gasteiger partial charge in [0.2, 0.25) is 0 Å². The molecule has 0 spiro atoms. The molecule has 2 heterocycles. The van der Waals surface area contributed by atoms with E-state index in [9.17, 15) is 9.59 Å². The summed E-state index contributed by atoms with van der Waals surface area (Å²) < 4.78 is 0. The van der Waals surface area contributed by atoms with Gasteiger partial charge in [0, 0.05) is 22.0 Å². The van der Waals surface area contributed by atoms with Gasteiger partial charge < -0.3 is 9.78 Å². The molecule has 1 aromatic carbocycles. The number of fused-ring (bicyclic) bond motifs is 1. The second-order valence-corrected chi connectivity index (χ2v) is 7.53. The molecule has 2 aromatic rings. The van der Waals surface area contributed by atoms with Crippen LogP contribution in [0.4, 0.5) is 0 Å². The van der Waals surface area contributed by atoms with Crippen molar-refractivity contribution in [3.8, 4) is 0 Å². The van der Waals surface area contributed by atoms with Crippen LogP contribution in [0.2, 0.25) is 0 Å². The molecular formula is C15H15NO2S2. The van der Waals surface area contributed by atoms with Crippen LogP contribution in [0.3, 0.4) is 0 Å². The first-order valence-corrected chi connectivity index (χ1v) is 8.21. The monoisotopic (exact) mass is 305 g/mol. The van der Waals surface area contributed by atoms with Gasteiger partial charge in [-0.2, -0.15) is 0 Å². The largest absolute Gasteiger partial charge is 0.307 e. The molecule has 0 saturated heterocycles. The molecule has 3 rings (SSSR count). The third-order valence-electron chi connectivity index (χ3n) is 3.75. The van der Waals surface area contributed by atoms with Gasteiger partial charge in [-0.05, 0) is 12.5 Å². The molecule has 104 valence electrons. The van der Waals surface area contributed by atoms with E-state index in [1.165, 1.54) is 16.9 Å². The van der Waals surface area contributed by atoms with Gasteiger partial charge in [-0.15, -0.1) is 11.8 Å². The van der Waals surface area contributed by atoms with E-state index >= 15 is 0 Å². The number of hydrogen-bond donors (Lipinski definition) is 1. The first-order chi connectivity index (χ1) is 9.60. The number of nitrogens with one attached hydrogen (secondary N) is 1. The third kappa shape index (κ3) is 2.25. The number of thioether (sulfide) groups is 1. The van der Waals surface area contributed by atoms with Crippen molar-refractivity contribution in [2.45, 2.75) is 30.0 Å². The van der Waals surface area contributed by atoms with E-state index in [0.29, 0.717) is 0 Å². The quantitative estimate of drug-likeness (QED) is 0.867. The lowest BCUT2D eigenvalue weighted by atomic mass is 9.83. The van der Waals surface area contributed by atoms with E-state index < -0.39 is 0 Å². The van der Waals surface area contributed by atoms with Gasteiger partial charge in [0.1, 0.15) is 6.29 Å². The van der Waals surface area contributed by atoms with Gasteiger partial charge >= 0.3 is 4.87 Å². The summed E-state index contributed by atoms with van der Waals surface area (Å²) in [7, 11) is 0. The van der Waals surface area contributed by atoms with Crippen LogP contribution < -0.4 is 4.87 Å². The number of aryl methyl sites for hydroxylation is 1. The average Bonchev–Trinajstić information content (AvgIpc) is 2.78. The second kappa shape index (κ2) is 5.22. The van der Waals surface area contributed by atoms with Crippen molar-refractivity contribution in [2.75, 3.05) is 0 Å². The zero-order chi connectivity index (χ0) is 14.3. The van der Waals surface area contributed by atoms with Crippen molar-refractivity contribution in [3.05, 3.63) is 49.9 Å². The minimum Gasteiger partial charge on any atom is -0.307 e. The zero-order valence-electron chi connectivity index (χ0n) is 11.3. The van der Waals surface area contributed by atoms with Crippen LogP contribution in [-0.4, -0.2) is 16.5 Å². The molecule has 0 amide bonds. The highest BCUT2D eigenvalue weighted by Gasteiger charge is 2.38. The Bertz CT molecular complexity index is 687. The summed E-state index contributed by atoms with van der Waals surface area (Å²) in [6.07, 6.45) is 1.04. The number of aromatic nitrogens is 1. The molecule has 0 radical (unpaired) electrons. The summed E-state index contributed by atoms with van der Waals surface area (Å²) in [6, 6.07) is 8.23. The van der Waals surface area contributed by atoms with Gasteiger partial charge in [-0.3, -0.25) is 4.79 Å². The summed E-state index contributed by atoms with van der Waals surface area (Å²) in [5.41, 5.74) is 2.30. The number of H-pyrrole nitrogens is 1. The van der Waals surface area contributed by atoms with Gasteiger partial charge in [0.25, 0.3) is 0 Å². The van der Waals surface area contributed by atoms with Gasteiger partial charge in [0.05, 0.1) is 5.03 Å². The maximum Gasteiger partial charge on any atom is 0.305 e. The average molecular weight is 305 g/mol. The van der Waals surface area contributed by atoms with Crippen LogP contribution >= 0.6 is 23.1 Å². The van der Waals surface area contributed by atoms with Gasteiger partial charge in [-0.1, -0.05) is 48.1 Å². The fourth-order valence-electron chi connectivity index (χ4n) is 2.67. The summed E-state index contributed by atoms with van der Waals surface area (Å²) in [6.45, 7) is 4.09. The Kier molecular flexibility index (Phi) is 3.56. The number of carbonyl (C=O) groups is 1. The number of carbonyl (C=O) groups excluding carboxylic acids is 1. The number of aldehydes is 1. The highest BCUT2D eigenvalue weighted by Crippen LogP contribution is 2.47. The maximum absolute atomic E-state index is 11.7. The highest BCUT2D eigenvalue weighted by molar-refractivity contribution is 8.00. The summed E-state index contributed by atoms with van der Waals surface area (Å²) in [4.78, 5) is 27.0. The van der Waals surface area contributed by atoms with Crippen molar-refractivity contribution >= 4 is 29.4 Å². The number of thiazole rings is 1. The Morgan fingerprint density at radius 2 is 1.95 bits per heavy atom. The van der Waals surface area contributed by atoms with E-state index in [-0.39, 0.29) is 22.0 Å². The lowest BCUT2D eigenvalue weighted by Gasteiger charge is -2.32. The van der Waals surface area contributed by atoms with Crippen LogP contribution in [-0.2, 0) is 4.79 Å². The lowest BCUT2D eigenvalue weighted by molar-refractivity contribution is -0.111. The molecule has 0 bridgehead atoms. The maximum atomic E-state index is 11.7. The standard InChI is InChI=1S/C15H15NO2S2/c1-8-3-5-10(6-4-8)12-11(7-17)9(2)19-14-13(12)20-15(18)16-14/h3-7,9,11-12H,1-2H3,(H,16,18). The minimum atomic E-state index is -0.0957. The molecule has 3 unspecified atom stereocenters. The first kappa shape index (κ1) is 13.6. The molecule has 0 aliphatic carbocycles. The van der Waals surface area contributed by atoms with E-state index in [4.69, 9.17) is 0 Å². The van der Waals surface area contributed by atoms with E-state index in [1.807, 2.05) is 13.8 Å². The Labute approximate surface area is 125 Å². The Morgan fingerprint density at radius 3 is 2.60 bits per heavy atom. The fraction of sp³-hybridized carbons (Fsp3) is 0.333. The molecular weight excluding hydrogens is 290 g/mol. The van der Waals surface area contributed by atoms with Crippen LogP contribution in [0.15, 0.2) is 34.1 Å². The number of benzene rings is 1. The lowest BCUT2D eigenvalue weighted by Crippen LogP contribution is -2.28. The van der Waals surface area contributed by atoms with Crippen LogP contribution in [0, 0.1) is 12.8 Å². The zero-order valence-corrected chi connectivity index (χ0v) is 12.9. The topological polar surface area (TPSA) is 49.9 Å². The molecule has 1 N–H and O–H groups in total. The predicted octanol–water partition coefficient (Wildman–Crippen LogP) is 3.19. The number of rotatable bonds is 2. The summed E-state index contributed by atoms with van der Waals surface area (Å²) in [5.74, 6) is -0.107. The Balaban J connectivity index is 2.15. The summed E-state index contributed by atoms with van der Waals surface area (Å²) in [5, 5.41) is 1.09. The van der Waals surface area contributed by atoms with Crippen molar-refractivity contribution in [1.29, 1.82) is 0 Å². The SMILES string of the molecule is Cc1ccc(C2c3sc(=O)[nH]c3SC(C)C2C=O)cc1. The first-order valence-electron chi connectivity index (χ1n) is 6.51. The third-order valence-corrected chi connectivity index (χ3v) is 6.09. The van der Waals surface area contributed by atoms with Crippen molar-refractivity contribution < 1.29 is 4.79 Å². The predicted molar refractivity (Wildman–Crippen MR) is 82.8 cm³/mol. The molecule has 1 aliphatic rings. The van der Waals surface area contributed by atoms with Crippen LogP contribution in [0.5, 0.6) is 0 Å². The number of aromatic amines is 1. The van der Waals surface area contributed by atoms with E-state index in [1.54, 1.807) is 11.8 Å².